The number of thioether (sulfide) groups is 1. The molecule has 0 radical (unpaired) electrons. The molecule has 2 heterocycles. The van der Waals surface area contributed by atoms with E-state index in [2.05, 4.69) is 5.32 Å². The normalized spacial score (nSPS) is 27.4. The summed E-state index contributed by atoms with van der Waals surface area (Å²) in [4.78, 5) is 1.41. The second kappa shape index (κ2) is 5.67. The van der Waals surface area contributed by atoms with Gasteiger partial charge in [0, 0.05) is 30.1 Å². The van der Waals surface area contributed by atoms with E-state index in [1.165, 1.54) is 6.42 Å². The maximum Gasteiger partial charge on any atom is 0.243 e. The summed E-state index contributed by atoms with van der Waals surface area (Å²) in [5, 5.41) is 3.52. The first kappa shape index (κ1) is 14.4. The lowest BCUT2D eigenvalue weighted by molar-refractivity contribution is 0.383. The fourth-order valence-electron chi connectivity index (χ4n) is 3.04. The first-order valence-electron chi connectivity index (χ1n) is 7.00. The molecule has 110 valence electrons. The molecule has 2 aliphatic rings. The summed E-state index contributed by atoms with van der Waals surface area (Å²) in [6.45, 7) is 1.22. The van der Waals surface area contributed by atoms with Gasteiger partial charge in [0.1, 0.15) is 0 Å². The molecule has 0 aliphatic carbocycles. The Bertz CT molecular complexity index is 589. The summed E-state index contributed by atoms with van der Waals surface area (Å²) < 4.78 is 27.2. The molecule has 2 saturated heterocycles. The molecule has 2 atom stereocenters. The number of nitrogens with one attached hydrogen (secondary N) is 1. The fourth-order valence-corrected chi connectivity index (χ4v) is 5.12. The van der Waals surface area contributed by atoms with E-state index in [-0.39, 0.29) is 0 Å². The monoisotopic (exact) mass is 312 g/mol. The van der Waals surface area contributed by atoms with E-state index in [0.29, 0.717) is 30.1 Å². The maximum absolute atomic E-state index is 12.8. The van der Waals surface area contributed by atoms with E-state index in [0.717, 1.165) is 17.7 Å². The number of hydrogen-bond acceptors (Lipinski definition) is 4. The van der Waals surface area contributed by atoms with Crippen molar-refractivity contribution in [2.75, 3.05) is 19.3 Å². The van der Waals surface area contributed by atoms with Crippen LogP contribution >= 0.6 is 11.8 Å². The molecule has 3 rings (SSSR count). The topological polar surface area (TPSA) is 49.4 Å². The second-order valence-corrected chi connectivity index (χ2v) is 8.29. The third kappa shape index (κ3) is 2.74. The van der Waals surface area contributed by atoms with Gasteiger partial charge in [0.25, 0.3) is 0 Å². The minimum atomic E-state index is -3.36. The van der Waals surface area contributed by atoms with Crippen LogP contribution in [0.5, 0.6) is 0 Å². The lowest BCUT2D eigenvalue weighted by Crippen LogP contribution is -2.39. The van der Waals surface area contributed by atoms with Crippen molar-refractivity contribution >= 4 is 21.8 Å². The molecular formula is C14H20N2O2S2. The number of nitrogens with zero attached hydrogens (tertiary/aromatic N) is 1. The van der Waals surface area contributed by atoms with Crippen molar-refractivity contribution in [1.82, 2.24) is 9.62 Å². The lowest BCUT2D eigenvalue weighted by atomic mass is 10.1. The highest BCUT2D eigenvalue weighted by Crippen LogP contribution is 2.26. The van der Waals surface area contributed by atoms with Crippen LogP contribution in [0.15, 0.2) is 34.1 Å². The van der Waals surface area contributed by atoms with Crippen LogP contribution in [-0.2, 0) is 10.0 Å². The van der Waals surface area contributed by atoms with Crippen LogP contribution in [0.4, 0.5) is 0 Å². The predicted molar refractivity (Wildman–Crippen MR) is 81.5 cm³/mol. The molecule has 1 aromatic rings. The molecule has 0 saturated carbocycles. The average molecular weight is 312 g/mol. The van der Waals surface area contributed by atoms with Crippen LogP contribution in [0, 0.1) is 0 Å². The Labute approximate surface area is 125 Å². The minimum Gasteiger partial charge on any atom is -0.310 e. The molecular weight excluding hydrogens is 292 g/mol. The van der Waals surface area contributed by atoms with Gasteiger partial charge in [0.05, 0.1) is 4.90 Å². The van der Waals surface area contributed by atoms with Crippen molar-refractivity contribution in [3.63, 3.8) is 0 Å². The number of fused-ring (bicyclic) bond motifs is 2. The highest BCUT2D eigenvalue weighted by atomic mass is 32.2. The molecule has 2 unspecified atom stereocenters. The zero-order valence-corrected chi connectivity index (χ0v) is 13.2. The molecule has 0 aromatic heterocycles. The summed E-state index contributed by atoms with van der Waals surface area (Å²) in [7, 11) is -3.36. The van der Waals surface area contributed by atoms with Gasteiger partial charge in [-0.2, -0.15) is 4.31 Å². The number of rotatable bonds is 3. The molecule has 4 nitrogen and oxygen atoms in total. The van der Waals surface area contributed by atoms with E-state index >= 15 is 0 Å². The Balaban J connectivity index is 1.87. The van der Waals surface area contributed by atoms with Gasteiger partial charge in [-0.3, -0.25) is 0 Å². The SMILES string of the molecule is CSc1cccc(S(=O)(=O)N2CCC3CCC(C2)N3)c1. The van der Waals surface area contributed by atoms with Crippen LogP contribution in [0.3, 0.4) is 0 Å². The summed E-state index contributed by atoms with van der Waals surface area (Å²) in [6.07, 6.45) is 5.14. The van der Waals surface area contributed by atoms with Crippen molar-refractivity contribution in [2.24, 2.45) is 0 Å². The zero-order valence-electron chi connectivity index (χ0n) is 11.6. The highest BCUT2D eigenvalue weighted by molar-refractivity contribution is 7.98. The van der Waals surface area contributed by atoms with Gasteiger partial charge < -0.3 is 5.32 Å². The van der Waals surface area contributed by atoms with E-state index < -0.39 is 10.0 Å². The summed E-state index contributed by atoms with van der Waals surface area (Å²) in [5.74, 6) is 0. The van der Waals surface area contributed by atoms with Gasteiger partial charge in [-0.15, -0.1) is 11.8 Å². The Morgan fingerprint density at radius 2 is 2.05 bits per heavy atom. The standard InChI is InChI=1S/C14H20N2O2S2/c1-19-13-3-2-4-14(9-13)20(17,18)16-8-7-11-5-6-12(10-16)15-11/h2-4,9,11-12,15H,5-8,10H2,1H3. The van der Waals surface area contributed by atoms with Gasteiger partial charge >= 0.3 is 0 Å². The van der Waals surface area contributed by atoms with Crippen LogP contribution in [0.25, 0.3) is 0 Å². The maximum atomic E-state index is 12.8. The van der Waals surface area contributed by atoms with Gasteiger partial charge in [0.2, 0.25) is 10.0 Å². The number of benzene rings is 1. The van der Waals surface area contributed by atoms with Crippen molar-refractivity contribution in [1.29, 1.82) is 0 Å². The van der Waals surface area contributed by atoms with Crippen LogP contribution in [0.2, 0.25) is 0 Å². The van der Waals surface area contributed by atoms with Crippen molar-refractivity contribution in [2.45, 2.75) is 41.1 Å². The second-order valence-electron chi connectivity index (χ2n) is 5.47. The number of sulfonamides is 1. The van der Waals surface area contributed by atoms with Crippen molar-refractivity contribution in [3.8, 4) is 0 Å². The smallest absolute Gasteiger partial charge is 0.243 e. The third-order valence-corrected chi connectivity index (χ3v) is 6.75. The van der Waals surface area contributed by atoms with Crippen LogP contribution in [0.1, 0.15) is 19.3 Å². The van der Waals surface area contributed by atoms with E-state index in [1.54, 1.807) is 28.2 Å². The Morgan fingerprint density at radius 1 is 1.25 bits per heavy atom. The van der Waals surface area contributed by atoms with Crippen molar-refractivity contribution < 1.29 is 8.42 Å². The first-order chi connectivity index (χ1) is 9.59. The zero-order chi connectivity index (χ0) is 14.2. The third-order valence-electron chi connectivity index (χ3n) is 4.16. The molecule has 0 spiro atoms. The molecule has 20 heavy (non-hydrogen) atoms. The number of hydrogen-bond donors (Lipinski definition) is 1. The van der Waals surface area contributed by atoms with Gasteiger partial charge in [0.15, 0.2) is 0 Å². The van der Waals surface area contributed by atoms with Gasteiger partial charge in [-0.05, 0) is 43.7 Å². The quantitative estimate of drug-likeness (QED) is 0.867. The van der Waals surface area contributed by atoms with E-state index in [1.807, 2.05) is 18.4 Å². The van der Waals surface area contributed by atoms with Gasteiger partial charge in [-0.1, -0.05) is 6.07 Å². The molecule has 2 fully saturated rings. The average Bonchev–Trinajstić information content (AvgIpc) is 2.77. The largest absolute Gasteiger partial charge is 0.310 e. The summed E-state index contributed by atoms with van der Waals surface area (Å²) in [6, 6.07) is 8.05. The van der Waals surface area contributed by atoms with Crippen molar-refractivity contribution in [3.05, 3.63) is 24.3 Å². The van der Waals surface area contributed by atoms with E-state index in [9.17, 15) is 8.42 Å². The van der Waals surface area contributed by atoms with Gasteiger partial charge in [-0.25, -0.2) is 8.42 Å². The summed E-state index contributed by atoms with van der Waals surface area (Å²) >= 11 is 1.57. The van der Waals surface area contributed by atoms with E-state index in [4.69, 9.17) is 0 Å². The molecule has 1 aromatic carbocycles. The first-order valence-corrected chi connectivity index (χ1v) is 9.66. The van der Waals surface area contributed by atoms with Crippen LogP contribution < -0.4 is 5.32 Å². The molecule has 1 N–H and O–H groups in total. The summed E-state index contributed by atoms with van der Waals surface area (Å²) in [5.41, 5.74) is 0. The molecule has 2 aliphatic heterocycles. The predicted octanol–water partition coefficient (Wildman–Crippen LogP) is 1.92. The minimum absolute atomic E-state index is 0.320. The Hall–Kier alpha value is -0.560. The molecule has 2 bridgehead atoms. The Kier molecular flexibility index (Phi) is 4.08. The Morgan fingerprint density at radius 3 is 2.85 bits per heavy atom. The highest BCUT2D eigenvalue weighted by Gasteiger charge is 2.34. The van der Waals surface area contributed by atoms with Crippen LogP contribution in [-0.4, -0.2) is 44.2 Å². The fraction of sp³-hybridized carbons (Fsp3) is 0.571. The molecule has 6 heteroatoms. The lowest BCUT2D eigenvalue weighted by Gasteiger charge is -2.23. The molecule has 0 amide bonds.